The van der Waals surface area contributed by atoms with Crippen molar-refractivity contribution >= 4 is 32.8 Å². The van der Waals surface area contributed by atoms with E-state index in [1.165, 1.54) is 6.07 Å². The summed E-state index contributed by atoms with van der Waals surface area (Å²) in [4.78, 5) is 15.3. The minimum Gasteiger partial charge on any atom is -0.478 e. The van der Waals surface area contributed by atoms with Gasteiger partial charge in [-0.1, -0.05) is 22.9 Å². The molecule has 0 saturated carbocycles. The van der Waals surface area contributed by atoms with Crippen molar-refractivity contribution in [2.75, 3.05) is 0 Å². The highest BCUT2D eigenvalue weighted by molar-refractivity contribution is 9.10. The van der Waals surface area contributed by atoms with Crippen LogP contribution in [-0.4, -0.2) is 16.1 Å². The van der Waals surface area contributed by atoms with Gasteiger partial charge in [0, 0.05) is 16.1 Å². The van der Waals surface area contributed by atoms with Gasteiger partial charge in [0.05, 0.1) is 11.1 Å². The molecule has 1 heterocycles. The van der Waals surface area contributed by atoms with Crippen LogP contribution in [0.3, 0.4) is 0 Å². The monoisotopic (exact) mass is 279 g/mol. The number of carboxylic acid groups (broad SMARTS) is 1. The number of pyridine rings is 1. The molecule has 0 aliphatic heterocycles. The fraction of sp³-hybridized carbons (Fsp3) is 0.167. The van der Waals surface area contributed by atoms with Crippen molar-refractivity contribution < 1.29 is 9.90 Å². The molecule has 0 spiro atoms. The van der Waals surface area contributed by atoms with E-state index in [2.05, 4.69) is 20.9 Å². The molecule has 0 bridgehead atoms. The highest BCUT2D eigenvalue weighted by atomic mass is 79.9. The molecule has 0 atom stereocenters. The van der Waals surface area contributed by atoms with E-state index < -0.39 is 5.97 Å². The minimum absolute atomic E-state index is 0.293. The Balaban J connectivity index is 2.87. The number of hydrogen-bond acceptors (Lipinski definition) is 2. The van der Waals surface area contributed by atoms with Gasteiger partial charge in [-0.05, 0) is 30.2 Å². The second-order valence-electron chi connectivity index (χ2n) is 3.48. The lowest BCUT2D eigenvalue weighted by Gasteiger charge is -2.06. The molecule has 0 unspecified atom stereocenters. The van der Waals surface area contributed by atoms with E-state index in [-0.39, 0.29) is 0 Å². The fourth-order valence-corrected chi connectivity index (χ4v) is 2.25. The number of carbonyl (C=O) groups is 1. The number of hydrogen-bond donors (Lipinski definition) is 1. The van der Waals surface area contributed by atoms with Crippen molar-refractivity contribution in [2.24, 2.45) is 0 Å². The largest absolute Gasteiger partial charge is 0.478 e. The lowest BCUT2D eigenvalue weighted by molar-refractivity contribution is 0.0699. The highest BCUT2D eigenvalue weighted by Crippen LogP contribution is 2.25. The highest BCUT2D eigenvalue weighted by Gasteiger charge is 2.11. The first kappa shape index (κ1) is 11.1. The first-order valence-electron chi connectivity index (χ1n) is 4.94. The Labute approximate surface area is 101 Å². The third-order valence-electron chi connectivity index (χ3n) is 2.50. The molecule has 3 nitrogen and oxygen atoms in total. The maximum Gasteiger partial charge on any atom is 0.336 e. The minimum atomic E-state index is -0.924. The normalized spacial score (nSPS) is 10.6. The molecule has 0 aliphatic rings. The summed E-state index contributed by atoms with van der Waals surface area (Å²) in [6.45, 7) is 2.02. The molecule has 2 rings (SSSR count). The fourth-order valence-electron chi connectivity index (χ4n) is 1.75. The van der Waals surface area contributed by atoms with Crippen molar-refractivity contribution in [2.45, 2.75) is 13.3 Å². The van der Waals surface area contributed by atoms with Crippen LogP contribution in [0.2, 0.25) is 0 Å². The number of fused-ring (bicyclic) bond motifs is 1. The quantitative estimate of drug-likeness (QED) is 0.918. The molecule has 0 radical (unpaired) electrons. The number of rotatable bonds is 2. The van der Waals surface area contributed by atoms with Crippen LogP contribution in [0.4, 0.5) is 0 Å². The number of nitrogens with zero attached hydrogens (tertiary/aromatic N) is 1. The Morgan fingerprint density at radius 3 is 2.88 bits per heavy atom. The Kier molecular flexibility index (Phi) is 2.92. The van der Waals surface area contributed by atoms with Crippen molar-refractivity contribution in [3.63, 3.8) is 0 Å². The molecular formula is C12H10BrNO2. The first-order valence-corrected chi connectivity index (χ1v) is 5.73. The van der Waals surface area contributed by atoms with Gasteiger partial charge in [-0.3, -0.25) is 4.98 Å². The third-order valence-corrected chi connectivity index (χ3v) is 2.96. The average molecular weight is 280 g/mol. The molecule has 0 fully saturated rings. The summed E-state index contributed by atoms with van der Waals surface area (Å²) in [5.74, 6) is -0.924. The Hall–Kier alpha value is -1.42. The Bertz CT molecular complexity index is 566. The van der Waals surface area contributed by atoms with Crippen molar-refractivity contribution in [1.82, 2.24) is 4.98 Å². The van der Waals surface area contributed by atoms with Crippen LogP contribution in [-0.2, 0) is 6.42 Å². The third kappa shape index (κ3) is 1.80. The van der Waals surface area contributed by atoms with Gasteiger partial charge in [0.2, 0.25) is 0 Å². The Morgan fingerprint density at radius 1 is 1.50 bits per heavy atom. The summed E-state index contributed by atoms with van der Waals surface area (Å²) >= 11 is 3.39. The SMILES string of the molecule is CCc1cc(Br)cc2c(C(=O)O)ccnc12. The van der Waals surface area contributed by atoms with Crippen LogP contribution in [0.1, 0.15) is 22.8 Å². The van der Waals surface area contributed by atoms with Gasteiger partial charge >= 0.3 is 5.97 Å². The van der Waals surface area contributed by atoms with Gasteiger partial charge in [-0.2, -0.15) is 0 Å². The Morgan fingerprint density at radius 2 is 2.25 bits per heavy atom. The number of halogens is 1. The summed E-state index contributed by atoms with van der Waals surface area (Å²) in [6.07, 6.45) is 2.37. The van der Waals surface area contributed by atoms with Gasteiger partial charge in [-0.15, -0.1) is 0 Å². The number of aromatic nitrogens is 1. The molecule has 4 heteroatoms. The van der Waals surface area contributed by atoms with Crippen molar-refractivity contribution in [1.29, 1.82) is 0 Å². The van der Waals surface area contributed by atoms with Gasteiger partial charge in [0.15, 0.2) is 0 Å². The van der Waals surface area contributed by atoms with E-state index in [0.29, 0.717) is 10.9 Å². The van der Waals surface area contributed by atoms with E-state index in [1.54, 1.807) is 12.3 Å². The lowest BCUT2D eigenvalue weighted by Crippen LogP contribution is -1.99. The van der Waals surface area contributed by atoms with Crippen LogP contribution in [0.5, 0.6) is 0 Å². The number of carboxylic acids is 1. The maximum absolute atomic E-state index is 11.1. The second kappa shape index (κ2) is 4.22. The van der Waals surface area contributed by atoms with E-state index in [4.69, 9.17) is 5.11 Å². The smallest absolute Gasteiger partial charge is 0.336 e. The van der Waals surface area contributed by atoms with E-state index in [9.17, 15) is 4.79 Å². The summed E-state index contributed by atoms with van der Waals surface area (Å²) in [5, 5.41) is 9.78. The molecule has 82 valence electrons. The molecule has 1 aromatic heterocycles. The van der Waals surface area contributed by atoms with Crippen LogP contribution >= 0.6 is 15.9 Å². The number of benzene rings is 1. The van der Waals surface area contributed by atoms with E-state index in [0.717, 1.165) is 22.0 Å². The van der Waals surface area contributed by atoms with Gasteiger partial charge in [-0.25, -0.2) is 4.79 Å². The zero-order chi connectivity index (χ0) is 11.7. The molecule has 2 aromatic rings. The summed E-state index contributed by atoms with van der Waals surface area (Å²) in [7, 11) is 0. The van der Waals surface area contributed by atoms with E-state index in [1.807, 2.05) is 13.0 Å². The summed E-state index contributed by atoms with van der Waals surface area (Å²) in [5.41, 5.74) is 2.11. The zero-order valence-corrected chi connectivity index (χ0v) is 10.3. The van der Waals surface area contributed by atoms with E-state index >= 15 is 0 Å². The van der Waals surface area contributed by atoms with Gasteiger partial charge in [0.1, 0.15) is 0 Å². The van der Waals surface area contributed by atoms with Crippen molar-refractivity contribution in [3.05, 3.63) is 40.0 Å². The van der Waals surface area contributed by atoms with Crippen LogP contribution in [0.15, 0.2) is 28.9 Å². The molecule has 16 heavy (non-hydrogen) atoms. The molecule has 1 N–H and O–H groups in total. The standard InChI is InChI=1S/C12H10BrNO2/c1-2-7-5-8(13)6-10-9(12(15)16)3-4-14-11(7)10/h3-6H,2H2,1H3,(H,15,16). The molecule has 0 aliphatic carbocycles. The van der Waals surface area contributed by atoms with Crippen molar-refractivity contribution in [3.8, 4) is 0 Å². The number of aromatic carboxylic acids is 1. The topological polar surface area (TPSA) is 50.2 Å². The lowest BCUT2D eigenvalue weighted by atomic mass is 10.0. The predicted molar refractivity (Wildman–Crippen MR) is 65.8 cm³/mol. The average Bonchev–Trinajstić information content (AvgIpc) is 2.26. The number of aryl methyl sites for hydroxylation is 1. The summed E-state index contributed by atoms with van der Waals surface area (Å²) in [6, 6.07) is 5.29. The van der Waals surface area contributed by atoms with Crippen LogP contribution < -0.4 is 0 Å². The van der Waals surface area contributed by atoms with Gasteiger partial charge in [0.25, 0.3) is 0 Å². The molecule has 0 amide bonds. The first-order chi connectivity index (χ1) is 7.63. The predicted octanol–water partition coefficient (Wildman–Crippen LogP) is 3.26. The van der Waals surface area contributed by atoms with Crippen LogP contribution in [0.25, 0.3) is 10.9 Å². The van der Waals surface area contributed by atoms with Crippen LogP contribution in [0, 0.1) is 0 Å². The molecular weight excluding hydrogens is 270 g/mol. The molecule has 1 aromatic carbocycles. The molecule has 0 saturated heterocycles. The summed E-state index contributed by atoms with van der Waals surface area (Å²) < 4.78 is 0.882. The second-order valence-corrected chi connectivity index (χ2v) is 4.39. The maximum atomic E-state index is 11.1. The van der Waals surface area contributed by atoms with Gasteiger partial charge < -0.3 is 5.11 Å². The zero-order valence-electron chi connectivity index (χ0n) is 8.70.